The minimum absolute atomic E-state index is 0.0102. The lowest BCUT2D eigenvalue weighted by molar-refractivity contribution is 0.0932. The van der Waals surface area contributed by atoms with Crippen LogP contribution in [0.3, 0.4) is 0 Å². The van der Waals surface area contributed by atoms with Crippen molar-refractivity contribution in [1.82, 2.24) is 10.0 Å². The molecule has 29 heavy (non-hydrogen) atoms. The lowest BCUT2D eigenvalue weighted by atomic mass is 9.87. The fourth-order valence-electron chi connectivity index (χ4n) is 4.02. The van der Waals surface area contributed by atoms with E-state index in [4.69, 9.17) is 4.74 Å². The van der Waals surface area contributed by atoms with Crippen molar-refractivity contribution in [3.8, 4) is 0 Å². The molecule has 0 saturated carbocycles. The molecule has 2 aromatic carbocycles. The van der Waals surface area contributed by atoms with E-state index in [2.05, 4.69) is 22.2 Å². The molecular weight excluding hydrogens is 388 g/mol. The highest BCUT2D eigenvalue weighted by Crippen LogP contribution is 2.29. The molecular formula is C22H26N2O4S. The minimum atomic E-state index is -3.62. The largest absolute Gasteiger partial charge is 0.377 e. The summed E-state index contributed by atoms with van der Waals surface area (Å²) in [6.07, 6.45) is 4.74. The molecule has 2 atom stereocenters. The van der Waals surface area contributed by atoms with Gasteiger partial charge in [-0.1, -0.05) is 24.3 Å². The van der Waals surface area contributed by atoms with Gasteiger partial charge in [-0.2, -0.15) is 0 Å². The second kappa shape index (κ2) is 8.65. The Hall–Kier alpha value is -2.22. The van der Waals surface area contributed by atoms with Crippen LogP contribution < -0.4 is 10.0 Å². The van der Waals surface area contributed by atoms with Crippen LogP contribution in [0, 0.1) is 0 Å². The summed E-state index contributed by atoms with van der Waals surface area (Å²) in [5.41, 5.74) is 2.90. The van der Waals surface area contributed by atoms with Crippen LogP contribution >= 0.6 is 0 Å². The van der Waals surface area contributed by atoms with Crippen LogP contribution in [0.1, 0.15) is 53.2 Å². The SMILES string of the molecule is O=C(N[C@H]1CCCc2ccccc21)c1ccc(S(=O)(=O)NC[C@@H]2CCCO2)cc1. The molecule has 7 heteroatoms. The summed E-state index contributed by atoms with van der Waals surface area (Å²) in [7, 11) is -3.62. The van der Waals surface area contributed by atoms with Crippen molar-refractivity contribution in [3.05, 3.63) is 65.2 Å². The third-order valence-corrected chi connectivity index (χ3v) is 7.07. The number of amides is 1. The van der Waals surface area contributed by atoms with Gasteiger partial charge < -0.3 is 10.1 Å². The molecule has 1 fully saturated rings. The maximum atomic E-state index is 12.7. The van der Waals surface area contributed by atoms with Gasteiger partial charge in [-0.05, 0) is 67.5 Å². The van der Waals surface area contributed by atoms with Gasteiger partial charge in [-0.15, -0.1) is 0 Å². The molecule has 154 valence electrons. The lowest BCUT2D eigenvalue weighted by Crippen LogP contribution is -2.32. The first-order valence-electron chi connectivity index (χ1n) is 10.1. The van der Waals surface area contributed by atoms with E-state index in [-0.39, 0.29) is 29.5 Å². The number of hydrogen-bond donors (Lipinski definition) is 2. The van der Waals surface area contributed by atoms with E-state index in [9.17, 15) is 13.2 Å². The zero-order valence-corrected chi connectivity index (χ0v) is 17.1. The number of hydrogen-bond acceptors (Lipinski definition) is 4. The maximum Gasteiger partial charge on any atom is 0.251 e. The average molecular weight is 415 g/mol. The van der Waals surface area contributed by atoms with Gasteiger partial charge in [0.2, 0.25) is 10.0 Å². The third kappa shape index (κ3) is 4.69. The Labute approximate surface area is 171 Å². The number of fused-ring (bicyclic) bond motifs is 1. The predicted molar refractivity (Wildman–Crippen MR) is 110 cm³/mol. The quantitative estimate of drug-likeness (QED) is 0.761. The van der Waals surface area contributed by atoms with E-state index in [0.29, 0.717) is 12.2 Å². The van der Waals surface area contributed by atoms with Crippen LogP contribution in [-0.4, -0.2) is 33.6 Å². The van der Waals surface area contributed by atoms with Gasteiger partial charge in [-0.3, -0.25) is 4.79 Å². The molecule has 1 aliphatic carbocycles. The molecule has 2 N–H and O–H groups in total. The van der Waals surface area contributed by atoms with Gasteiger partial charge in [0.1, 0.15) is 0 Å². The van der Waals surface area contributed by atoms with Crippen molar-refractivity contribution < 1.29 is 17.9 Å². The van der Waals surface area contributed by atoms with E-state index < -0.39 is 10.0 Å². The molecule has 0 spiro atoms. The van der Waals surface area contributed by atoms with Gasteiger partial charge in [0.05, 0.1) is 17.0 Å². The summed E-state index contributed by atoms with van der Waals surface area (Å²) in [6, 6.07) is 14.2. The topological polar surface area (TPSA) is 84.5 Å². The van der Waals surface area contributed by atoms with Crippen LogP contribution in [0.15, 0.2) is 53.4 Å². The predicted octanol–water partition coefficient (Wildman–Crippen LogP) is 2.95. The Morgan fingerprint density at radius 1 is 1.03 bits per heavy atom. The maximum absolute atomic E-state index is 12.7. The number of carbonyl (C=O) groups excluding carboxylic acids is 1. The standard InChI is InChI=1S/C22H26N2O4S/c25-22(24-21-9-3-6-16-5-1-2-8-20(16)21)17-10-12-19(13-11-17)29(26,27)23-15-18-7-4-14-28-18/h1-2,5,8,10-13,18,21,23H,3-4,6-7,9,14-15H2,(H,24,25)/t18-,21-/m0/s1. The minimum Gasteiger partial charge on any atom is -0.377 e. The van der Waals surface area contributed by atoms with Crippen LogP contribution in [0.2, 0.25) is 0 Å². The second-order valence-corrected chi connectivity index (χ2v) is 9.40. The highest BCUT2D eigenvalue weighted by Gasteiger charge is 2.23. The van der Waals surface area contributed by atoms with Crippen LogP contribution in [0.4, 0.5) is 0 Å². The number of nitrogens with one attached hydrogen (secondary N) is 2. The molecule has 2 aromatic rings. The molecule has 0 radical (unpaired) electrons. The Balaban J connectivity index is 1.40. The van der Waals surface area contributed by atoms with Gasteiger partial charge in [0.15, 0.2) is 0 Å². The first-order valence-corrected chi connectivity index (χ1v) is 11.6. The second-order valence-electron chi connectivity index (χ2n) is 7.63. The van der Waals surface area contributed by atoms with E-state index in [1.54, 1.807) is 12.1 Å². The Morgan fingerprint density at radius 3 is 2.59 bits per heavy atom. The lowest BCUT2D eigenvalue weighted by Gasteiger charge is -2.26. The molecule has 0 aromatic heterocycles. The summed E-state index contributed by atoms with van der Waals surface area (Å²) < 4.78 is 33.0. The fourth-order valence-corrected chi connectivity index (χ4v) is 5.09. The number of benzene rings is 2. The smallest absolute Gasteiger partial charge is 0.251 e. The van der Waals surface area contributed by atoms with Crippen LogP contribution in [0.5, 0.6) is 0 Å². The zero-order chi connectivity index (χ0) is 20.3. The Bertz CT molecular complexity index is 967. The van der Waals surface area contributed by atoms with Gasteiger partial charge in [-0.25, -0.2) is 13.1 Å². The number of carbonyl (C=O) groups is 1. The molecule has 4 rings (SSSR count). The summed E-state index contributed by atoms with van der Waals surface area (Å²) in [5.74, 6) is -0.192. The van der Waals surface area contributed by atoms with Gasteiger partial charge in [0.25, 0.3) is 5.91 Å². The van der Waals surface area contributed by atoms with E-state index >= 15 is 0 Å². The van der Waals surface area contributed by atoms with Crippen LogP contribution in [0.25, 0.3) is 0 Å². The molecule has 1 aliphatic heterocycles. The third-order valence-electron chi connectivity index (χ3n) is 5.63. The van der Waals surface area contributed by atoms with Crippen LogP contribution in [-0.2, 0) is 21.2 Å². The molecule has 6 nitrogen and oxygen atoms in total. The molecule has 1 saturated heterocycles. The first kappa shape index (κ1) is 20.1. The van der Waals surface area contributed by atoms with E-state index in [0.717, 1.165) is 32.1 Å². The number of sulfonamides is 1. The number of aryl methyl sites for hydroxylation is 1. The van der Waals surface area contributed by atoms with Gasteiger partial charge >= 0.3 is 0 Å². The molecule has 0 bridgehead atoms. The van der Waals surface area contributed by atoms with Gasteiger partial charge in [0, 0.05) is 18.7 Å². The monoisotopic (exact) mass is 414 g/mol. The van der Waals surface area contributed by atoms with Crippen molar-refractivity contribution in [1.29, 1.82) is 0 Å². The van der Waals surface area contributed by atoms with Crippen molar-refractivity contribution in [3.63, 3.8) is 0 Å². The fraction of sp³-hybridized carbons (Fsp3) is 0.409. The summed E-state index contributed by atoms with van der Waals surface area (Å²) >= 11 is 0. The first-order chi connectivity index (χ1) is 14.0. The summed E-state index contributed by atoms with van der Waals surface area (Å²) in [6.45, 7) is 0.952. The Morgan fingerprint density at radius 2 is 1.83 bits per heavy atom. The number of rotatable bonds is 6. The molecule has 2 aliphatic rings. The van der Waals surface area contributed by atoms with Crippen molar-refractivity contribution in [2.45, 2.75) is 49.1 Å². The van der Waals surface area contributed by atoms with E-state index in [1.807, 2.05) is 12.1 Å². The number of ether oxygens (including phenoxy) is 1. The summed E-state index contributed by atoms with van der Waals surface area (Å²) in [5, 5.41) is 3.09. The highest BCUT2D eigenvalue weighted by atomic mass is 32.2. The highest BCUT2D eigenvalue weighted by molar-refractivity contribution is 7.89. The van der Waals surface area contributed by atoms with E-state index in [1.165, 1.54) is 23.3 Å². The molecule has 1 amide bonds. The summed E-state index contributed by atoms with van der Waals surface area (Å²) in [4.78, 5) is 12.8. The molecule has 0 unspecified atom stereocenters. The normalized spacial score (nSPS) is 21.5. The van der Waals surface area contributed by atoms with Crippen molar-refractivity contribution in [2.24, 2.45) is 0 Å². The zero-order valence-electron chi connectivity index (χ0n) is 16.3. The van der Waals surface area contributed by atoms with Crippen molar-refractivity contribution >= 4 is 15.9 Å². The Kier molecular flexibility index (Phi) is 5.99. The van der Waals surface area contributed by atoms with Crippen molar-refractivity contribution in [2.75, 3.05) is 13.2 Å². The average Bonchev–Trinajstić information content (AvgIpc) is 3.26. The molecule has 1 heterocycles.